The van der Waals surface area contributed by atoms with E-state index in [-0.39, 0.29) is 5.96 Å². The second-order valence-corrected chi connectivity index (χ2v) is 4.26. The van der Waals surface area contributed by atoms with Crippen LogP contribution >= 0.6 is 38.5 Å². The van der Waals surface area contributed by atoms with Crippen LogP contribution in [-0.2, 0) is 0 Å². The van der Waals surface area contributed by atoms with Crippen molar-refractivity contribution in [1.82, 2.24) is 5.43 Å². The molecule has 13 heavy (non-hydrogen) atoms. The molecule has 0 aliphatic rings. The lowest BCUT2D eigenvalue weighted by Gasteiger charge is -2.00. The van der Waals surface area contributed by atoms with Crippen molar-refractivity contribution in [3.8, 4) is 0 Å². The second kappa shape index (κ2) is 4.77. The molecule has 0 spiro atoms. The Morgan fingerprint density at radius 3 is 2.77 bits per heavy atom. The summed E-state index contributed by atoms with van der Waals surface area (Å²) in [6.45, 7) is 0. The van der Waals surface area contributed by atoms with Crippen molar-refractivity contribution in [3.05, 3.63) is 26.2 Å². The van der Waals surface area contributed by atoms with Gasteiger partial charge in [0, 0.05) is 8.04 Å². The Balaban J connectivity index is 2.98. The first-order valence-electron chi connectivity index (χ1n) is 3.39. The summed E-state index contributed by atoms with van der Waals surface area (Å²) >= 11 is 5.61. The van der Waals surface area contributed by atoms with Crippen molar-refractivity contribution < 1.29 is 0 Å². The average molecular weight is 355 g/mol. The molecule has 0 amide bonds. The van der Waals surface area contributed by atoms with E-state index in [1.54, 1.807) is 0 Å². The number of halogens is 2. The van der Waals surface area contributed by atoms with E-state index in [1.165, 1.54) is 0 Å². The number of nitrogens with one attached hydrogen (secondary N) is 1. The summed E-state index contributed by atoms with van der Waals surface area (Å²) in [5.74, 6) is 5.26. The van der Waals surface area contributed by atoms with Crippen LogP contribution in [0, 0.1) is 3.57 Å². The quantitative estimate of drug-likeness (QED) is 0.235. The lowest BCUT2D eigenvalue weighted by molar-refractivity contribution is 1.01. The molecule has 0 fully saturated rings. The summed E-state index contributed by atoms with van der Waals surface area (Å²) in [6, 6.07) is 5.66. The van der Waals surface area contributed by atoms with Gasteiger partial charge < -0.3 is 5.73 Å². The molecular formula is C7H8BrIN4. The molecule has 6 heteroatoms. The van der Waals surface area contributed by atoms with Gasteiger partial charge in [-0.05, 0) is 56.7 Å². The highest BCUT2D eigenvalue weighted by Gasteiger charge is 1.97. The van der Waals surface area contributed by atoms with E-state index in [1.807, 2.05) is 18.2 Å². The third-order valence-electron chi connectivity index (χ3n) is 1.30. The maximum Gasteiger partial charge on any atom is 0.208 e. The summed E-state index contributed by atoms with van der Waals surface area (Å²) in [4.78, 5) is 4.00. The fourth-order valence-electron chi connectivity index (χ4n) is 0.726. The maximum absolute atomic E-state index is 5.39. The maximum atomic E-state index is 5.39. The SMILES string of the molecule is NNC(N)=Nc1ccc(I)c(Br)c1. The molecule has 5 N–H and O–H groups in total. The molecule has 0 atom stereocenters. The van der Waals surface area contributed by atoms with Crippen LogP contribution in [0.15, 0.2) is 27.7 Å². The molecule has 0 heterocycles. The molecule has 1 rings (SSSR count). The van der Waals surface area contributed by atoms with Gasteiger partial charge in [-0.1, -0.05) is 0 Å². The number of benzene rings is 1. The van der Waals surface area contributed by atoms with Crippen molar-refractivity contribution in [2.24, 2.45) is 16.6 Å². The van der Waals surface area contributed by atoms with Crippen LogP contribution in [0.2, 0.25) is 0 Å². The third kappa shape index (κ3) is 3.12. The smallest absolute Gasteiger partial charge is 0.208 e. The van der Waals surface area contributed by atoms with Crippen LogP contribution in [-0.4, -0.2) is 5.96 Å². The van der Waals surface area contributed by atoms with Gasteiger partial charge >= 0.3 is 0 Å². The molecule has 70 valence electrons. The summed E-state index contributed by atoms with van der Waals surface area (Å²) in [5, 5.41) is 0. The zero-order valence-electron chi connectivity index (χ0n) is 6.59. The Bertz CT molecular complexity index is 339. The Morgan fingerprint density at radius 1 is 1.54 bits per heavy atom. The van der Waals surface area contributed by atoms with E-state index >= 15 is 0 Å². The van der Waals surface area contributed by atoms with Gasteiger partial charge in [0.2, 0.25) is 5.96 Å². The number of hydrogen-bond donors (Lipinski definition) is 3. The largest absolute Gasteiger partial charge is 0.369 e. The topological polar surface area (TPSA) is 76.4 Å². The number of hydrazine groups is 1. The Morgan fingerprint density at radius 2 is 2.23 bits per heavy atom. The summed E-state index contributed by atoms with van der Waals surface area (Å²) < 4.78 is 2.11. The fourth-order valence-corrected chi connectivity index (χ4v) is 1.43. The molecule has 0 saturated heterocycles. The number of aliphatic imine (C=N–C) groups is 1. The first-order chi connectivity index (χ1) is 6.13. The number of nitrogens with zero attached hydrogens (tertiary/aromatic N) is 1. The van der Waals surface area contributed by atoms with Crippen molar-refractivity contribution >= 4 is 50.2 Å². The fraction of sp³-hybridized carbons (Fsp3) is 0. The molecule has 1 aromatic rings. The van der Waals surface area contributed by atoms with Gasteiger partial charge in [-0.2, -0.15) is 0 Å². The molecular weight excluding hydrogens is 347 g/mol. The van der Waals surface area contributed by atoms with Crippen molar-refractivity contribution in [2.75, 3.05) is 0 Å². The molecule has 0 unspecified atom stereocenters. The lowest BCUT2D eigenvalue weighted by Crippen LogP contribution is -2.36. The standard InChI is InChI=1S/C7H8BrIN4/c8-5-3-4(1-2-6(5)9)12-7(10)13-11/h1-3H,11H2,(H3,10,12,13). The first-order valence-corrected chi connectivity index (χ1v) is 5.26. The van der Waals surface area contributed by atoms with E-state index in [0.717, 1.165) is 13.7 Å². The highest BCUT2D eigenvalue weighted by Crippen LogP contribution is 2.24. The number of nitrogens with two attached hydrogens (primary N) is 2. The van der Waals surface area contributed by atoms with E-state index < -0.39 is 0 Å². The molecule has 0 aromatic heterocycles. The lowest BCUT2D eigenvalue weighted by atomic mass is 10.3. The highest BCUT2D eigenvalue weighted by atomic mass is 127. The number of guanidine groups is 1. The predicted molar refractivity (Wildman–Crippen MR) is 65.5 cm³/mol. The number of hydrogen-bond acceptors (Lipinski definition) is 2. The molecule has 0 radical (unpaired) electrons. The minimum absolute atomic E-state index is 0.188. The molecule has 1 aromatic carbocycles. The molecule has 0 saturated carbocycles. The van der Waals surface area contributed by atoms with Gasteiger partial charge in [0.05, 0.1) is 5.69 Å². The van der Waals surface area contributed by atoms with Crippen LogP contribution in [0.5, 0.6) is 0 Å². The van der Waals surface area contributed by atoms with E-state index in [4.69, 9.17) is 11.6 Å². The Kier molecular flexibility index (Phi) is 3.94. The van der Waals surface area contributed by atoms with Gasteiger partial charge in [0.15, 0.2) is 0 Å². The van der Waals surface area contributed by atoms with E-state index in [9.17, 15) is 0 Å². The van der Waals surface area contributed by atoms with Crippen LogP contribution in [0.1, 0.15) is 0 Å². The minimum atomic E-state index is 0.188. The minimum Gasteiger partial charge on any atom is -0.369 e. The van der Waals surface area contributed by atoms with E-state index in [0.29, 0.717) is 0 Å². The molecule has 0 aliphatic heterocycles. The van der Waals surface area contributed by atoms with Crippen LogP contribution in [0.4, 0.5) is 5.69 Å². The second-order valence-electron chi connectivity index (χ2n) is 2.24. The van der Waals surface area contributed by atoms with E-state index in [2.05, 4.69) is 48.9 Å². The van der Waals surface area contributed by atoms with Crippen LogP contribution in [0.25, 0.3) is 0 Å². The molecule has 0 bridgehead atoms. The highest BCUT2D eigenvalue weighted by molar-refractivity contribution is 14.1. The van der Waals surface area contributed by atoms with Crippen molar-refractivity contribution in [1.29, 1.82) is 0 Å². The summed E-state index contributed by atoms with van der Waals surface area (Å²) in [5.41, 5.74) is 8.40. The van der Waals surface area contributed by atoms with Gasteiger partial charge in [0.1, 0.15) is 0 Å². The molecule has 4 nitrogen and oxygen atoms in total. The molecule has 0 aliphatic carbocycles. The summed E-state index contributed by atoms with van der Waals surface area (Å²) in [6.07, 6.45) is 0. The normalized spacial score (nSPS) is 11.5. The predicted octanol–water partition coefficient (Wildman–Crippen LogP) is 1.46. The van der Waals surface area contributed by atoms with Gasteiger partial charge in [-0.15, -0.1) is 0 Å². The third-order valence-corrected chi connectivity index (χ3v) is 3.64. The van der Waals surface area contributed by atoms with Crippen LogP contribution < -0.4 is 17.0 Å². The Hall–Kier alpha value is -0.340. The van der Waals surface area contributed by atoms with Crippen molar-refractivity contribution in [2.45, 2.75) is 0 Å². The zero-order chi connectivity index (χ0) is 9.84. The number of rotatable bonds is 1. The Labute approximate surface area is 98.0 Å². The zero-order valence-corrected chi connectivity index (χ0v) is 10.3. The average Bonchev–Trinajstić information content (AvgIpc) is 2.11. The van der Waals surface area contributed by atoms with Crippen LogP contribution in [0.3, 0.4) is 0 Å². The first kappa shape index (κ1) is 10.7. The van der Waals surface area contributed by atoms with Gasteiger partial charge in [0.25, 0.3) is 0 Å². The van der Waals surface area contributed by atoms with Gasteiger partial charge in [-0.25, -0.2) is 10.8 Å². The van der Waals surface area contributed by atoms with Crippen molar-refractivity contribution in [3.63, 3.8) is 0 Å². The summed E-state index contributed by atoms with van der Waals surface area (Å²) in [7, 11) is 0. The van der Waals surface area contributed by atoms with Gasteiger partial charge in [-0.3, -0.25) is 5.43 Å². The monoisotopic (exact) mass is 354 g/mol.